The number of hydrogen-bond acceptors (Lipinski definition) is 4. The van der Waals surface area contributed by atoms with E-state index in [1.54, 1.807) is 29.4 Å². The van der Waals surface area contributed by atoms with Crippen molar-refractivity contribution in [3.8, 4) is 0 Å². The van der Waals surface area contributed by atoms with Gasteiger partial charge in [-0.05, 0) is 31.3 Å². The van der Waals surface area contributed by atoms with E-state index < -0.39 is 5.60 Å². The number of carbonyl (C=O) groups excluding carboxylic acids is 1. The summed E-state index contributed by atoms with van der Waals surface area (Å²) in [7, 11) is 0. The lowest BCUT2D eigenvalue weighted by Crippen LogP contribution is -2.44. The second-order valence-corrected chi connectivity index (χ2v) is 6.92. The number of carbonyl (C=O) groups is 1. The van der Waals surface area contributed by atoms with Crippen molar-refractivity contribution in [1.82, 2.24) is 9.88 Å². The molecule has 2 heterocycles. The van der Waals surface area contributed by atoms with Crippen LogP contribution in [0.4, 0.5) is 5.69 Å². The number of fused-ring (bicyclic) bond motifs is 1. The summed E-state index contributed by atoms with van der Waals surface area (Å²) in [6.45, 7) is 7.35. The van der Waals surface area contributed by atoms with E-state index in [4.69, 9.17) is 0 Å². The van der Waals surface area contributed by atoms with Gasteiger partial charge in [0.15, 0.2) is 5.60 Å². The van der Waals surface area contributed by atoms with Crippen LogP contribution >= 0.6 is 15.9 Å². The first kappa shape index (κ1) is 18.0. The third-order valence-electron chi connectivity index (χ3n) is 4.81. The van der Waals surface area contributed by atoms with Gasteiger partial charge in [0, 0.05) is 41.1 Å². The number of aromatic nitrogens is 1. The topological polar surface area (TPSA) is 56.7 Å². The van der Waals surface area contributed by atoms with Crippen LogP contribution < -0.4 is 4.90 Å². The van der Waals surface area contributed by atoms with E-state index in [2.05, 4.69) is 39.7 Å². The SMILES string of the molecule is CCN(CC)CCN1C(=O)C(O)(c2cccnc2)c2c(Br)cccc21. The van der Waals surface area contributed by atoms with Crippen molar-refractivity contribution < 1.29 is 9.90 Å². The smallest absolute Gasteiger partial charge is 0.268 e. The number of rotatable bonds is 6. The van der Waals surface area contributed by atoms with Crippen LogP contribution in [0.15, 0.2) is 47.2 Å². The Morgan fingerprint density at radius 2 is 2.00 bits per heavy atom. The molecule has 1 unspecified atom stereocenters. The third kappa shape index (κ3) is 2.99. The minimum Gasteiger partial charge on any atom is -0.372 e. The zero-order chi connectivity index (χ0) is 18.0. The standard InChI is InChI=1S/C19H22BrN3O2/c1-3-22(4-2)11-12-23-16-9-5-8-15(20)17(16)19(25,18(23)24)14-7-6-10-21-13-14/h5-10,13,25H,3-4,11-12H2,1-2H3. The highest BCUT2D eigenvalue weighted by molar-refractivity contribution is 9.10. The first-order chi connectivity index (χ1) is 12.0. The van der Waals surface area contributed by atoms with Gasteiger partial charge in [0.1, 0.15) is 0 Å². The number of likely N-dealkylation sites (N-methyl/N-ethyl adjacent to an activating group) is 1. The molecule has 0 bridgehead atoms. The number of pyridine rings is 1. The molecule has 0 saturated carbocycles. The maximum atomic E-state index is 13.2. The molecule has 132 valence electrons. The van der Waals surface area contributed by atoms with E-state index >= 15 is 0 Å². The molecule has 0 fully saturated rings. The predicted octanol–water partition coefficient (Wildman–Crippen LogP) is 2.77. The number of aliphatic hydroxyl groups is 1. The van der Waals surface area contributed by atoms with Crippen molar-refractivity contribution in [2.24, 2.45) is 0 Å². The number of nitrogens with zero attached hydrogens (tertiary/aromatic N) is 3. The Morgan fingerprint density at radius 3 is 2.64 bits per heavy atom. The van der Waals surface area contributed by atoms with Crippen molar-refractivity contribution in [3.63, 3.8) is 0 Å². The highest BCUT2D eigenvalue weighted by Gasteiger charge is 2.52. The minimum atomic E-state index is -1.72. The molecule has 0 aliphatic carbocycles. The van der Waals surface area contributed by atoms with Crippen LogP contribution in [0.25, 0.3) is 0 Å². The normalized spacial score (nSPS) is 19.6. The van der Waals surface area contributed by atoms with E-state index in [1.807, 2.05) is 18.2 Å². The fourth-order valence-corrected chi connectivity index (χ4v) is 4.00. The van der Waals surface area contributed by atoms with Gasteiger partial charge >= 0.3 is 0 Å². The minimum absolute atomic E-state index is 0.324. The summed E-state index contributed by atoms with van der Waals surface area (Å²) in [5.74, 6) is -0.324. The zero-order valence-electron chi connectivity index (χ0n) is 14.4. The molecule has 0 spiro atoms. The fourth-order valence-electron chi connectivity index (χ4n) is 3.36. The first-order valence-corrected chi connectivity index (χ1v) is 9.29. The number of halogens is 1. The highest BCUT2D eigenvalue weighted by atomic mass is 79.9. The fraction of sp³-hybridized carbons (Fsp3) is 0.368. The Kier molecular flexibility index (Phi) is 5.22. The van der Waals surface area contributed by atoms with Gasteiger partial charge in [0.05, 0.1) is 5.69 Å². The molecule has 2 aromatic rings. The molecule has 1 aliphatic rings. The van der Waals surface area contributed by atoms with Crippen LogP contribution in [0.1, 0.15) is 25.0 Å². The van der Waals surface area contributed by atoms with E-state index in [1.165, 1.54) is 0 Å². The average molecular weight is 404 g/mol. The Bertz CT molecular complexity index is 765. The van der Waals surface area contributed by atoms with Crippen LogP contribution in [-0.4, -0.2) is 47.1 Å². The van der Waals surface area contributed by atoms with Crippen LogP contribution in [0.2, 0.25) is 0 Å². The summed E-state index contributed by atoms with van der Waals surface area (Å²) in [5.41, 5.74) is 0.108. The molecule has 0 radical (unpaired) electrons. The quantitative estimate of drug-likeness (QED) is 0.805. The van der Waals surface area contributed by atoms with Gasteiger partial charge in [-0.15, -0.1) is 0 Å². The van der Waals surface area contributed by atoms with Crippen LogP contribution in [-0.2, 0) is 10.4 Å². The van der Waals surface area contributed by atoms with Crippen molar-refractivity contribution in [2.45, 2.75) is 19.4 Å². The number of benzene rings is 1. The number of amides is 1. The molecular weight excluding hydrogens is 382 g/mol. The van der Waals surface area contributed by atoms with Gasteiger partial charge < -0.3 is 14.9 Å². The van der Waals surface area contributed by atoms with Crippen LogP contribution in [0.3, 0.4) is 0 Å². The number of hydrogen-bond donors (Lipinski definition) is 1. The van der Waals surface area contributed by atoms with E-state index in [0.29, 0.717) is 17.7 Å². The third-order valence-corrected chi connectivity index (χ3v) is 5.47. The summed E-state index contributed by atoms with van der Waals surface area (Å²) in [4.78, 5) is 21.3. The van der Waals surface area contributed by atoms with Crippen molar-refractivity contribution in [3.05, 3.63) is 58.3 Å². The molecule has 1 aromatic heterocycles. The molecule has 1 amide bonds. The van der Waals surface area contributed by atoms with Gasteiger partial charge in [-0.25, -0.2) is 0 Å². The molecule has 1 aromatic carbocycles. The molecule has 1 atom stereocenters. The van der Waals surface area contributed by atoms with Gasteiger partial charge in [-0.2, -0.15) is 0 Å². The van der Waals surface area contributed by atoms with Gasteiger partial charge in [-0.3, -0.25) is 9.78 Å². The molecule has 0 saturated heterocycles. The van der Waals surface area contributed by atoms with Crippen LogP contribution in [0, 0.1) is 0 Å². The summed E-state index contributed by atoms with van der Waals surface area (Å²) in [5, 5.41) is 11.4. The zero-order valence-corrected chi connectivity index (χ0v) is 16.0. The van der Waals surface area contributed by atoms with Crippen molar-refractivity contribution in [1.29, 1.82) is 0 Å². The molecule has 25 heavy (non-hydrogen) atoms. The molecule has 5 nitrogen and oxygen atoms in total. The highest BCUT2D eigenvalue weighted by Crippen LogP contribution is 2.47. The second kappa shape index (κ2) is 7.23. The van der Waals surface area contributed by atoms with Gasteiger partial charge in [0.25, 0.3) is 5.91 Å². The molecule has 1 aliphatic heterocycles. The monoisotopic (exact) mass is 403 g/mol. The number of anilines is 1. The average Bonchev–Trinajstić information content (AvgIpc) is 2.87. The largest absolute Gasteiger partial charge is 0.372 e. The Morgan fingerprint density at radius 1 is 1.24 bits per heavy atom. The summed E-state index contributed by atoms with van der Waals surface area (Å²) in [6.07, 6.45) is 3.18. The van der Waals surface area contributed by atoms with Crippen molar-refractivity contribution in [2.75, 3.05) is 31.1 Å². The molecule has 6 heteroatoms. The van der Waals surface area contributed by atoms with E-state index in [9.17, 15) is 9.90 Å². The van der Waals surface area contributed by atoms with Gasteiger partial charge in [0.2, 0.25) is 0 Å². The molecule has 3 rings (SSSR count). The van der Waals surface area contributed by atoms with Crippen molar-refractivity contribution >= 4 is 27.5 Å². The lowest BCUT2D eigenvalue weighted by atomic mass is 9.88. The molecule has 1 N–H and O–H groups in total. The maximum Gasteiger partial charge on any atom is 0.268 e. The molecular formula is C19H22BrN3O2. The predicted molar refractivity (Wildman–Crippen MR) is 102 cm³/mol. The first-order valence-electron chi connectivity index (χ1n) is 8.50. The summed E-state index contributed by atoms with van der Waals surface area (Å²) < 4.78 is 0.718. The van der Waals surface area contributed by atoms with E-state index in [0.717, 1.165) is 29.8 Å². The van der Waals surface area contributed by atoms with E-state index in [-0.39, 0.29) is 5.91 Å². The Hall–Kier alpha value is -1.76. The second-order valence-electron chi connectivity index (χ2n) is 6.07. The summed E-state index contributed by atoms with van der Waals surface area (Å²) in [6, 6.07) is 9.09. The maximum absolute atomic E-state index is 13.2. The van der Waals surface area contributed by atoms with Gasteiger partial charge in [-0.1, -0.05) is 41.9 Å². The Balaban J connectivity index is 2.05. The summed E-state index contributed by atoms with van der Waals surface area (Å²) >= 11 is 3.51. The lowest BCUT2D eigenvalue weighted by molar-refractivity contribution is -0.132. The van der Waals surface area contributed by atoms with Crippen LogP contribution in [0.5, 0.6) is 0 Å². The Labute approximate surface area is 156 Å². The lowest BCUT2D eigenvalue weighted by Gasteiger charge is -2.25.